The molecule has 0 saturated carbocycles. The van der Waals surface area contributed by atoms with E-state index in [0.717, 1.165) is 5.56 Å². The first kappa shape index (κ1) is 16.1. The van der Waals surface area contributed by atoms with E-state index in [9.17, 15) is 9.59 Å². The van der Waals surface area contributed by atoms with Crippen LogP contribution in [0.5, 0.6) is 0 Å². The Morgan fingerprint density at radius 3 is 2.62 bits per heavy atom. The van der Waals surface area contributed by atoms with Crippen molar-refractivity contribution in [3.63, 3.8) is 0 Å². The minimum atomic E-state index is -0.294. The highest BCUT2D eigenvalue weighted by Crippen LogP contribution is 2.31. The number of carbonyl (C=O) groups is 2. The number of nitrogens with one attached hydrogen (secondary N) is 1. The number of hydrogen-bond donors (Lipinski definition) is 1. The van der Waals surface area contributed by atoms with E-state index in [2.05, 4.69) is 15.4 Å². The molecule has 6 nitrogen and oxygen atoms in total. The van der Waals surface area contributed by atoms with Crippen molar-refractivity contribution in [3.05, 3.63) is 53.2 Å². The summed E-state index contributed by atoms with van der Waals surface area (Å²) < 4.78 is 1.60. The highest BCUT2D eigenvalue weighted by molar-refractivity contribution is 7.18. The largest absolute Gasteiger partial charge is 0.296 e. The average Bonchev–Trinajstić information content (AvgIpc) is 3.22. The molecule has 0 unspecified atom stereocenters. The second-order valence-corrected chi connectivity index (χ2v) is 6.10. The molecule has 2 heterocycles. The summed E-state index contributed by atoms with van der Waals surface area (Å²) in [6, 6.07) is 11.1. The molecule has 1 aromatic carbocycles. The third-order valence-corrected chi connectivity index (χ3v) is 4.53. The molecular formula is C17H16N4O2S. The number of Topliss-reactive ketones (excluding diaryl/α,β-unsaturated/α-hetero) is 1. The molecule has 0 spiro atoms. The Morgan fingerprint density at radius 1 is 1.21 bits per heavy atom. The molecule has 0 aliphatic rings. The van der Waals surface area contributed by atoms with Gasteiger partial charge in [-0.25, -0.2) is 4.98 Å². The van der Waals surface area contributed by atoms with Crippen molar-refractivity contribution in [2.75, 3.05) is 5.32 Å². The first-order valence-corrected chi connectivity index (χ1v) is 8.32. The van der Waals surface area contributed by atoms with E-state index < -0.39 is 0 Å². The topological polar surface area (TPSA) is 76.9 Å². The van der Waals surface area contributed by atoms with Gasteiger partial charge in [0, 0.05) is 25.2 Å². The summed E-state index contributed by atoms with van der Waals surface area (Å²) in [7, 11) is 0. The molecule has 0 fully saturated rings. The van der Waals surface area contributed by atoms with Crippen molar-refractivity contribution in [1.29, 1.82) is 0 Å². The lowest BCUT2D eigenvalue weighted by Crippen LogP contribution is -2.17. The van der Waals surface area contributed by atoms with Crippen LogP contribution in [0.15, 0.2) is 42.6 Å². The van der Waals surface area contributed by atoms with Gasteiger partial charge in [-0.3, -0.25) is 19.6 Å². The smallest absolute Gasteiger partial charge is 0.275 e. The maximum Gasteiger partial charge on any atom is 0.275 e. The summed E-state index contributed by atoms with van der Waals surface area (Å²) in [4.78, 5) is 29.3. The summed E-state index contributed by atoms with van der Waals surface area (Å²) in [5, 5.41) is 7.24. The molecule has 3 rings (SSSR count). The lowest BCUT2D eigenvalue weighted by atomic mass is 10.1. The molecule has 24 heavy (non-hydrogen) atoms. The van der Waals surface area contributed by atoms with Crippen molar-refractivity contribution in [2.24, 2.45) is 0 Å². The van der Waals surface area contributed by atoms with Gasteiger partial charge >= 0.3 is 0 Å². The third kappa shape index (κ3) is 3.11. The van der Waals surface area contributed by atoms with Crippen LogP contribution in [0.25, 0.3) is 11.3 Å². The number of aryl methyl sites for hydroxylation is 1. The van der Waals surface area contributed by atoms with Crippen LogP contribution in [0.2, 0.25) is 0 Å². The van der Waals surface area contributed by atoms with Crippen molar-refractivity contribution in [3.8, 4) is 11.3 Å². The SMILES string of the molecule is CCn1nccc1C(=O)Nc1nc(-c2ccccc2)c(C(C)=O)s1. The van der Waals surface area contributed by atoms with Gasteiger partial charge in [0.05, 0.1) is 10.6 Å². The number of benzene rings is 1. The minimum Gasteiger partial charge on any atom is -0.296 e. The molecule has 3 aromatic rings. The van der Waals surface area contributed by atoms with Gasteiger partial charge in [-0.1, -0.05) is 41.7 Å². The fourth-order valence-electron chi connectivity index (χ4n) is 2.34. The summed E-state index contributed by atoms with van der Waals surface area (Å²) in [5.41, 5.74) is 1.89. The first-order chi connectivity index (χ1) is 11.6. The highest BCUT2D eigenvalue weighted by Gasteiger charge is 2.19. The second-order valence-electron chi connectivity index (χ2n) is 5.11. The van der Waals surface area contributed by atoms with Crippen LogP contribution in [-0.4, -0.2) is 26.5 Å². The van der Waals surface area contributed by atoms with E-state index in [4.69, 9.17) is 0 Å². The van der Waals surface area contributed by atoms with Gasteiger partial charge < -0.3 is 0 Å². The molecule has 0 radical (unpaired) electrons. The van der Waals surface area contributed by atoms with E-state index in [1.54, 1.807) is 16.9 Å². The molecule has 122 valence electrons. The van der Waals surface area contributed by atoms with Gasteiger partial charge in [-0.15, -0.1) is 0 Å². The Balaban J connectivity index is 1.92. The lowest BCUT2D eigenvalue weighted by molar-refractivity contribution is 0.101. The Bertz CT molecular complexity index is 883. The summed E-state index contributed by atoms with van der Waals surface area (Å²) in [5.74, 6) is -0.372. The van der Waals surface area contributed by atoms with Crippen LogP contribution < -0.4 is 5.32 Å². The zero-order valence-electron chi connectivity index (χ0n) is 13.3. The van der Waals surface area contributed by atoms with Crippen molar-refractivity contribution < 1.29 is 9.59 Å². The quantitative estimate of drug-likeness (QED) is 0.721. The molecule has 0 aliphatic heterocycles. The normalized spacial score (nSPS) is 10.6. The van der Waals surface area contributed by atoms with Gasteiger partial charge in [0.2, 0.25) is 0 Å². The van der Waals surface area contributed by atoms with E-state index in [1.165, 1.54) is 18.3 Å². The summed E-state index contributed by atoms with van der Waals surface area (Å²) >= 11 is 1.18. The number of amides is 1. The van der Waals surface area contributed by atoms with Gasteiger partial charge in [0.15, 0.2) is 10.9 Å². The van der Waals surface area contributed by atoms with Crippen LogP contribution in [-0.2, 0) is 6.54 Å². The zero-order chi connectivity index (χ0) is 17.1. The minimum absolute atomic E-state index is 0.0783. The zero-order valence-corrected chi connectivity index (χ0v) is 14.1. The summed E-state index contributed by atoms with van der Waals surface area (Å²) in [6.07, 6.45) is 1.58. The van der Waals surface area contributed by atoms with E-state index >= 15 is 0 Å². The number of hydrogen-bond acceptors (Lipinski definition) is 5. The Hall–Kier alpha value is -2.80. The molecule has 0 atom stereocenters. The van der Waals surface area contributed by atoms with Crippen molar-refractivity contribution >= 4 is 28.2 Å². The Labute approximate surface area is 143 Å². The van der Waals surface area contributed by atoms with E-state index in [1.807, 2.05) is 37.3 Å². The van der Waals surface area contributed by atoms with Crippen LogP contribution in [0.3, 0.4) is 0 Å². The van der Waals surface area contributed by atoms with Crippen molar-refractivity contribution in [2.45, 2.75) is 20.4 Å². The Kier molecular flexibility index (Phi) is 4.52. The first-order valence-electron chi connectivity index (χ1n) is 7.50. The lowest BCUT2D eigenvalue weighted by Gasteiger charge is -2.03. The number of thiazole rings is 1. The molecule has 0 aliphatic carbocycles. The molecular weight excluding hydrogens is 324 g/mol. The molecule has 1 amide bonds. The maximum atomic E-state index is 12.4. The number of nitrogens with zero attached hydrogens (tertiary/aromatic N) is 3. The van der Waals surface area contributed by atoms with Gasteiger partial charge in [0.25, 0.3) is 5.91 Å². The number of aromatic nitrogens is 3. The molecule has 2 aromatic heterocycles. The van der Waals surface area contributed by atoms with Gasteiger partial charge in [-0.2, -0.15) is 5.10 Å². The predicted octanol–water partition coefficient (Wildman–Crippen LogP) is 3.48. The molecule has 0 saturated heterocycles. The molecule has 7 heteroatoms. The fraction of sp³-hybridized carbons (Fsp3) is 0.176. The van der Waals surface area contributed by atoms with Crippen LogP contribution in [0.4, 0.5) is 5.13 Å². The number of ketones is 1. The molecule has 0 bridgehead atoms. The van der Waals surface area contributed by atoms with E-state index in [0.29, 0.717) is 27.9 Å². The maximum absolute atomic E-state index is 12.4. The molecule has 1 N–H and O–H groups in total. The monoisotopic (exact) mass is 340 g/mol. The van der Waals surface area contributed by atoms with Gasteiger partial charge in [0.1, 0.15) is 5.69 Å². The number of anilines is 1. The second kappa shape index (κ2) is 6.76. The predicted molar refractivity (Wildman–Crippen MR) is 93.4 cm³/mol. The van der Waals surface area contributed by atoms with Crippen molar-refractivity contribution in [1.82, 2.24) is 14.8 Å². The Morgan fingerprint density at radius 2 is 1.96 bits per heavy atom. The van der Waals surface area contributed by atoms with Gasteiger partial charge in [-0.05, 0) is 13.0 Å². The number of rotatable bonds is 5. The number of carbonyl (C=O) groups excluding carboxylic acids is 2. The van der Waals surface area contributed by atoms with E-state index in [-0.39, 0.29) is 11.7 Å². The standard InChI is InChI=1S/C17H16N4O2S/c1-3-21-13(9-10-18-21)16(23)20-17-19-14(15(24-17)11(2)22)12-7-5-4-6-8-12/h4-10H,3H2,1-2H3,(H,19,20,23). The summed E-state index contributed by atoms with van der Waals surface area (Å²) in [6.45, 7) is 4.01. The fourth-order valence-corrected chi connectivity index (χ4v) is 3.22. The third-order valence-electron chi connectivity index (χ3n) is 3.46. The van der Waals surface area contributed by atoms with Crippen LogP contribution >= 0.6 is 11.3 Å². The van der Waals surface area contributed by atoms with Crippen LogP contribution in [0.1, 0.15) is 34.0 Å². The van der Waals surface area contributed by atoms with Crippen LogP contribution in [0, 0.1) is 0 Å². The highest BCUT2D eigenvalue weighted by atomic mass is 32.1. The average molecular weight is 340 g/mol.